The summed E-state index contributed by atoms with van der Waals surface area (Å²) in [6.07, 6.45) is 4.47. The maximum absolute atomic E-state index is 12.9. The van der Waals surface area contributed by atoms with Gasteiger partial charge in [-0.1, -0.05) is 25.1 Å². The summed E-state index contributed by atoms with van der Waals surface area (Å²) in [7, 11) is 0. The molecule has 2 heterocycles. The molecule has 0 atom stereocenters. The van der Waals surface area contributed by atoms with E-state index in [1.54, 1.807) is 17.0 Å². The Morgan fingerprint density at radius 3 is 2.24 bits per heavy atom. The van der Waals surface area contributed by atoms with E-state index in [1.165, 1.54) is 6.20 Å². The Labute approximate surface area is 169 Å². The number of hydrogen-bond donors (Lipinski definition) is 1. The molecule has 1 aliphatic rings. The molecule has 29 heavy (non-hydrogen) atoms. The van der Waals surface area contributed by atoms with Crippen LogP contribution < -0.4 is 0 Å². The molecule has 0 spiro atoms. The lowest BCUT2D eigenvalue weighted by atomic mass is 10.0. The van der Waals surface area contributed by atoms with Crippen LogP contribution in [-0.2, 0) is 0 Å². The average molecular weight is 396 g/mol. The monoisotopic (exact) mass is 396 g/mol. The van der Waals surface area contributed by atoms with Crippen LogP contribution in [0.1, 0.15) is 57.5 Å². The summed E-state index contributed by atoms with van der Waals surface area (Å²) in [6, 6.07) is 9.18. The van der Waals surface area contributed by atoms with E-state index in [0.717, 1.165) is 12.6 Å². The van der Waals surface area contributed by atoms with E-state index in [4.69, 9.17) is 5.11 Å². The molecule has 1 aromatic heterocycles. The van der Waals surface area contributed by atoms with Gasteiger partial charge in [0.15, 0.2) is 5.69 Å². The maximum atomic E-state index is 12.9. The molecule has 2 aromatic rings. The zero-order valence-electron chi connectivity index (χ0n) is 16.3. The third-order valence-electron chi connectivity index (χ3n) is 5.03. The SMILES string of the molecule is CCCN(C(=O)c1cnc(C(=O)O)cn1)C1CCN(C(=O)c2ccccc2)CC1. The highest BCUT2D eigenvalue weighted by Gasteiger charge is 2.30. The molecule has 1 fully saturated rings. The molecular weight excluding hydrogens is 372 g/mol. The highest BCUT2D eigenvalue weighted by Crippen LogP contribution is 2.20. The first-order valence-electron chi connectivity index (χ1n) is 9.72. The van der Waals surface area contributed by atoms with E-state index in [2.05, 4.69) is 9.97 Å². The number of carboxylic acids is 1. The number of nitrogens with zero attached hydrogens (tertiary/aromatic N) is 4. The number of carbonyl (C=O) groups is 3. The zero-order chi connectivity index (χ0) is 20.8. The summed E-state index contributed by atoms with van der Waals surface area (Å²) in [6.45, 7) is 3.72. The minimum absolute atomic E-state index is 0.00298. The number of carbonyl (C=O) groups excluding carboxylic acids is 2. The zero-order valence-corrected chi connectivity index (χ0v) is 16.3. The Bertz CT molecular complexity index is 862. The highest BCUT2D eigenvalue weighted by atomic mass is 16.4. The lowest BCUT2D eigenvalue weighted by Crippen LogP contribution is -2.49. The van der Waals surface area contributed by atoms with Crippen LogP contribution in [0.15, 0.2) is 42.7 Å². The number of benzene rings is 1. The summed E-state index contributed by atoms with van der Waals surface area (Å²) in [4.78, 5) is 47.9. The van der Waals surface area contributed by atoms with Crippen molar-refractivity contribution in [3.8, 4) is 0 Å². The predicted octanol–water partition coefficient (Wildman–Crippen LogP) is 2.33. The Morgan fingerprint density at radius 2 is 1.69 bits per heavy atom. The second-order valence-electron chi connectivity index (χ2n) is 6.98. The summed E-state index contributed by atoms with van der Waals surface area (Å²) in [5.41, 5.74) is 0.601. The van der Waals surface area contributed by atoms with Crippen molar-refractivity contribution in [3.05, 3.63) is 59.7 Å². The van der Waals surface area contributed by atoms with E-state index in [-0.39, 0.29) is 29.2 Å². The van der Waals surface area contributed by atoms with Crippen molar-refractivity contribution >= 4 is 17.8 Å². The van der Waals surface area contributed by atoms with Crippen molar-refractivity contribution in [2.24, 2.45) is 0 Å². The van der Waals surface area contributed by atoms with E-state index >= 15 is 0 Å². The lowest BCUT2D eigenvalue weighted by molar-refractivity contribution is 0.0513. The molecule has 8 heteroatoms. The molecule has 1 N–H and O–H groups in total. The maximum Gasteiger partial charge on any atom is 0.356 e. The summed E-state index contributed by atoms with van der Waals surface area (Å²) in [5.74, 6) is -1.44. The minimum atomic E-state index is -1.18. The Balaban J connectivity index is 1.66. The van der Waals surface area contributed by atoms with Crippen LogP contribution in [-0.4, -0.2) is 68.3 Å². The number of aromatic nitrogens is 2. The number of hydrogen-bond acceptors (Lipinski definition) is 5. The van der Waals surface area contributed by atoms with E-state index in [1.807, 2.05) is 30.0 Å². The van der Waals surface area contributed by atoms with Crippen LogP contribution in [0.4, 0.5) is 0 Å². The van der Waals surface area contributed by atoms with E-state index in [0.29, 0.717) is 38.0 Å². The summed E-state index contributed by atoms with van der Waals surface area (Å²) in [5, 5.41) is 8.93. The van der Waals surface area contributed by atoms with Gasteiger partial charge in [-0.3, -0.25) is 9.59 Å². The number of piperidine rings is 1. The fourth-order valence-electron chi connectivity index (χ4n) is 3.53. The van der Waals surface area contributed by atoms with Gasteiger partial charge < -0.3 is 14.9 Å². The number of amides is 2. The minimum Gasteiger partial charge on any atom is -0.476 e. The highest BCUT2D eigenvalue weighted by molar-refractivity contribution is 5.94. The molecule has 2 amide bonds. The lowest BCUT2D eigenvalue weighted by Gasteiger charge is -2.38. The molecule has 0 radical (unpaired) electrons. The van der Waals surface area contributed by atoms with Gasteiger partial charge in [0.2, 0.25) is 0 Å². The number of likely N-dealkylation sites (tertiary alicyclic amines) is 1. The van der Waals surface area contributed by atoms with Crippen LogP contribution >= 0.6 is 0 Å². The molecular formula is C21H24N4O4. The van der Waals surface area contributed by atoms with E-state index in [9.17, 15) is 14.4 Å². The fourth-order valence-corrected chi connectivity index (χ4v) is 3.53. The van der Waals surface area contributed by atoms with Crippen molar-refractivity contribution < 1.29 is 19.5 Å². The van der Waals surface area contributed by atoms with Crippen LogP contribution in [0, 0.1) is 0 Å². The van der Waals surface area contributed by atoms with Gasteiger partial charge in [-0.05, 0) is 31.4 Å². The van der Waals surface area contributed by atoms with Gasteiger partial charge in [0.25, 0.3) is 11.8 Å². The van der Waals surface area contributed by atoms with Gasteiger partial charge in [-0.15, -0.1) is 0 Å². The first kappa shape index (κ1) is 20.4. The predicted molar refractivity (Wildman–Crippen MR) is 106 cm³/mol. The molecule has 1 aliphatic heterocycles. The molecule has 1 aromatic carbocycles. The van der Waals surface area contributed by atoms with Gasteiger partial charge >= 0.3 is 5.97 Å². The van der Waals surface area contributed by atoms with Crippen molar-refractivity contribution in [2.75, 3.05) is 19.6 Å². The number of carboxylic acid groups (broad SMARTS) is 1. The molecule has 3 rings (SSSR count). The van der Waals surface area contributed by atoms with Gasteiger partial charge in [0.05, 0.1) is 12.4 Å². The molecule has 0 unspecified atom stereocenters. The van der Waals surface area contributed by atoms with Crippen LogP contribution in [0.3, 0.4) is 0 Å². The second kappa shape index (κ2) is 9.27. The molecule has 0 saturated carbocycles. The standard InChI is InChI=1S/C21H24N4O4/c1-2-10-25(20(27)17-13-23-18(14-22-17)21(28)29)16-8-11-24(12-9-16)19(26)15-6-4-3-5-7-15/h3-7,13-14,16H,2,8-12H2,1H3,(H,28,29). The van der Waals surface area contributed by atoms with Crippen molar-refractivity contribution in [1.29, 1.82) is 0 Å². The fraction of sp³-hybridized carbons (Fsp3) is 0.381. The largest absolute Gasteiger partial charge is 0.476 e. The molecule has 152 valence electrons. The van der Waals surface area contributed by atoms with Crippen molar-refractivity contribution in [2.45, 2.75) is 32.2 Å². The van der Waals surface area contributed by atoms with Crippen LogP contribution in [0.5, 0.6) is 0 Å². The molecule has 0 aliphatic carbocycles. The Kier molecular flexibility index (Phi) is 6.54. The number of rotatable bonds is 6. The average Bonchev–Trinajstić information content (AvgIpc) is 2.77. The first-order chi connectivity index (χ1) is 14.0. The molecule has 1 saturated heterocycles. The van der Waals surface area contributed by atoms with Gasteiger partial charge in [0.1, 0.15) is 5.69 Å². The second-order valence-corrected chi connectivity index (χ2v) is 6.98. The van der Waals surface area contributed by atoms with Crippen LogP contribution in [0.25, 0.3) is 0 Å². The Hall–Kier alpha value is -3.29. The Morgan fingerprint density at radius 1 is 1.07 bits per heavy atom. The van der Waals surface area contributed by atoms with E-state index < -0.39 is 5.97 Å². The summed E-state index contributed by atoms with van der Waals surface area (Å²) >= 11 is 0. The number of aromatic carboxylic acids is 1. The van der Waals surface area contributed by atoms with Crippen LogP contribution in [0.2, 0.25) is 0 Å². The third kappa shape index (κ3) is 4.77. The van der Waals surface area contributed by atoms with Crippen molar-refractivity contribution in [3.63, 3.8) is 0 Å². The third-order valence-corrected chi connectivity index (χ3v) is 5.03. The normalized spacial score (nSPS) is 14.4. The smallest absolute Gasteiger partial charge is 0.356 e. The van der Waals surface area contributed by atoms with Crippen molar-refractivity contribution in [1.82, 2.24) is 19.8 Å². The summed E-state index contributed by atoms with van der Waals surface area (Å²) < 4.78 is 0. The topological polar surface area (TPSA) is 104 Å². The first-order valence-corrected chi connectivity index (χ1v) is 9.72. The molecule has 0 bridgehead atoms. The van der Waals surface area contributed by atoms with Gasteiger partial charge in [-0.2, -0.15) is 0 Å². The quantitative estimate of drug-likeness (QED) is 0.804. The molecule has 8 nitrogen and oxygen atoms in total. The van der Waals surface area contributed by atoms with Gasteiger partial charge in [0, 0.05) is 31.2 Å². The van der Waals surface area contributed by atoms with Gasteiger partial charge in [-0.25, -0.2) is 14.8 Å².